The Morgan fingerprint density at radius 2 is 1.94 bits per heavy atom. The van der Waals surface area contributed by atoms with Crippen LogP contribution in [0.1, 0.15) is 17.3 Å². The minimum absolute atomic E-state index is 0.0236. The summed E-state index contributed by atoms with van der Waals surface area (Å²) in [6, 6.07) is 9.99. The van der Waals surface area contributed by atoms with E-state index < -0.39 is 0 Å². The molecule has 1 aromatic carbocycles. The van der Waals surface area contributed by atoms with Crippen molar-refractivity contribution in [3.05, 3.63) is 41.6 Å². The van der Waals surface area contributed by atoms with E-state index in [0.717, 1.165) is 0 Å². The number of nitrogens with one attached hydrogen (secondary N) is 1. The van der Waals surface area contributed by atoms with Crippen LogP contribution in [0.2, 0.25) is 0 Å². The number of carbonyl (C=O) groups excluding carboxylic acids is 1. The summed E-state index contributed by atoms with van der Waals surface area (Å²) in [7, 11) is 0. The summed E-state index contributed by atoms with van der Waals surface area (Å²) in [5, 5.41) is 19.9. The van der Waals surface area contributed by atoms with E-state index in [0.29, 0.717) is 17.9 Å². The monoisotopic (exact) mass is 241 g/mol. The first-order valence-electron chi connectivity index (χ1n) is 5.25. The van der Waals surface area contributed by atoms with Crippen molar-refractivity contribution >= 4 is 11.7 Å². The molecule has 1 aromatic rings. The number of hydrogen-bond acceptors (Lipinski definition) is 5. The first-order chi connectivity index (χ1) is 8.71. The zero-order chi connectivity index (χ0) is 13.4. The van der Waals surface area contributed by atoms with Crippen LogP contribution in [-0.4, -0.2) is 12.6 Å². The highest BCUT2D eigenvalue weighted by Crippen LogP contribution is 2.11. The van der Waals surface area contributed by atoms with E-state index in [1.807, 2.05) is 0 Å². The SMILES string of the molecule is CCOC(=O)c1ccc(NC=C(C#N)C#N)cc1. The Hall–Kier alpha value is -2.79. The molecule has 18 heavy (non-hydrogen) atoms. The molecule has 0 saturated carbocycles. The first kappa shape index (κ1) is 13.3. The fourth-order valence-electron chi connectivity index (χ4n) is 1.16. The number of nitrogens with zero attached hydrogens (tertiary/aromatic N) is 2. The minimum atomic E-state index is -0.380. The molecule has 0 spiro atoms. The lowest BCUT2D eigenvalue weighted by atomic mass is 10.2. The third kappa shape index (κ3) is 3.66. The van der Waals surface area contributed by atoms with E-state index in [4.69, 9.17) is 15.3 Å². The molecule has 1 rings (SSSR count). The van der Waals surface area contributed by atoms with E-state index >= 15 is 0 Å². The maximum absolute atomic E-state index is 11.4. The Bertz CT molecular complexity index is 517. The molecular weight excluding hydrogens is 230 g/mol. The van der Waals surface area contributed by atoms with E-state index in [2.05, 4.69) is 5.32 Å². The molecule has 5 heteroatoms. The van der Waals surface area contributed by atoms with Gasteiger partial charge in [0.25, 0.3) is 0 Å². The molecule has 0 unspecified atom stereocenters. The van der Waals surface area contributed by atoms with Gasteiger partial charge in [0.15, 0.2) is 0 Å². The molecule has 5 nitrogen and oxygen atoms in total. The molecule has 0 fully saturated rings. The van der Waals surface area contributed by atoms with Crippen molar-refractivity contribution in [2.45, 2.75) is 6.92 Å². The normalized spacial score (nSPS) is 8.61. The van der Waals surface area contributed by atoms with Gasteiger partial charge in [-0.25, -0.2) is 4.79 Å². The van der Waals surface area contributed by atoms with Crippen LogP contribution in [0.5, 0.6) is 0 Å². The van der Waals surface area contributed by atoms with Crippen LogP contribution in [-0.2, 0) is 4.74 Å². The number of carbonyl (C=O) groups is 1. The Morgan fingerprint density at radius 1 is 1.33 bits per heavy atom. The zero-order valence-electron chi connectivity index (χ0n) is 9.80. The van der Waals surface area contributed by atoms with Crippen LogP contribution in [0.4, 0.5) is 5.69 Å². The van der Waals surface area contributed by atoms with Crippen molar-refractivity contribution in [2.75, 3.05) is 11.9 Å². The van der Waals surface area contributed by atoms with Crippen molar-refractivity contribution in [2.24, 2.45) is 0 Å². The maximum Gasteiger partial charge on any atom is 0.338 e. The fraction of sp³-hybridized carbons (Fsp3) is 0.154. The average molecular weight is 241 g/mol. The summed E-state index contributed by atoms with van der Waals surface area (Å²) in [6.07, 6.45) is 1.30. The highest BCUT2D eigenvalue weighted by atomic mass is 16.5. The number of allylic oxidation sites excluding steroid dienone is 1. The van der Waals surface area contributed by atoms with Gasteiger partial charge in [-0.05, 0) is 31.2 Å². The van der Waals surface area contributed by atoms with Crippen molar-refractivity contribution < 1.29 is 9.53 Å². The maximum atomic E-state index is 11.4. The van der Waals surface area contributed by atoms with Gasteiger partial charge in [0.05, 0.1) is 12.2 Å². The van der Waals surface area contributed by atoms with Gasteiger partial charge in [-0.1, -0.05) is 0 Å². The Labute approximate surface area is 105 Å². The molecule has 0 amide bonds. The standard InChI is InChI=1S/C13H11N3O2/c1-2-18-13(17)11-3-5-12(6-4-11)16-9-10(7-14)8-15/h3-6,9,16H,2H2,1H3. The van der Waals surface area contributed by atoms with Crippen molar-refractivity contribution in [1.29, 1.82) is 10.5 Å². The van der Waals surface area contributed by atoms with E-state index in [1.54, 1.807) is 43.3 Å². The van der Waals surface area contributed by atoms with Crippen molar-refractivity contribution in [3.63, 3.8) is 0 Å². The summed E-state index contributed by atoms with van der Waals surface area (Å²) in [5.41, 5.74) is 1.10. The third-order valence-electron chi connectivity index (χ3n) is 2.02. The van der Waals surface area contributed by atoms with Gasteiger partial charge >= 0.3 is 5.97 Å². The van der Waals surface area contributed by atoms with Gasteiger partial charge in [0, 0.05) is 11.9 Å². The molecule has 0 aliphatic rings. The number of nitriles is 2. The fourth-order valence-corrected chi connectivity index (χ4v) is 1.16. The second-order valence-electron chi connectivity index (χ2n) is 3.22. The van der Waals surface area contributed by atoms with Gasteiger partial charge in [-0.15, -0.1) is 0 Å². The largest absolute Gasteiger partial charge is 0.462 e. The molecule has 0 aliphatic carbocycles. The Balaban J connectivity index is 2.73. The van der Waals surface area contributed by atoms with Gasteiger partial charge in [0.2, 0.25) is 0 Å². The van der Waals surface area contributed by atoms with Crippen LogP contribution in [0.15, 0.2) is 36.0 Å². The lowest BCUT2D eigenvalue weighted by Gasteiger charge is -2.03. The van der Waals surface area contributed by atoms with Gasteiger partial charge in [0.1, 0.15) is 17.7 Å². The molecular formula is C13H11N3O2. The van der Waals surface area contributed by atoms with E-state index in [-0.39, 0.29) is 11.5 Å². The number of rotatable bonds is 4. The first-order valence-corrected chi connectivity index (χ1v) is 5.25. The summed E-state index contributed by atoms with van der Waals surface area (Å²) >= 11 is 0. The predicted octanol–water partition coefficient (Wildman–Crippen LogP) is 2.21. The van der Waals surface area contributed by atoms with Crippen molar-refractivity contribution in [1.82, 2.24) is 0 Å². The summed E-state index contributed by atoms with van der Waals surface area (Å²) in [4.78, 5) is 11.4. The summed E-state index contributed by atoms with van der Waals surface area (Å²) in [6.45, 7) is 2.07. The Kier molecular flexibility index (Phi) is 4.96. The highest BCUT2D eigenvalue weighted by Gasteiger charge is 2.04. The van der Waals surface area contributed by atoms with Crippen LogP contribution in [0.3, 0.4) is 0 Å². The highest BCUT2D eigenvalue weighted by molar-refractivity contribution is 5.89. The van der Waals surface area contributed by atoms with Gasteiger partial charge in [-0.2, -0.15) is 10.5 Å². The average Bonchev–Trinajstić information content (AvgIpc) is 2.41. The van der Waals surface area contributed by atoms with Crippen LogP contribution in [0.25, 0.3) is 0 Å². The smallest absolute Gasteiger partial charge is 0.338 e. The molecule has 1 N–H and O–H groups in total. The Morgan fingerprint density at radius 3 is 2.44 bits per heavy atom. The van der Waals surface area contributed by atoms with Crippen LogP contribution >= 0.6 is 0 Å². The molecule has 90 valence electrons. The van der Waals surface area contributed by atoms with Crippen LogP contribution in [0, 0.1) is 22.7 Å². The quantitative estimate of drug-likeness (QED) is 0.645. The molecule has 0 radical (unpaired) electrons. The summed E-state index contributed by atoms with van der Waals surface area (Å²) in [5.74, 6) is -0.380. The lowest BCUT2D eigenvalue weighted by molar-refractivity contribution is 0.0526. The molecule has 0 atom stereocenters. The number of ether oxygens (including phenoxy) is 1. The predicted molar refractivity (Wildman–Crippen MR) is 65.3 cm³/mol. The molecule has 0 bridgehead atoms. The topological polar surface area (TPSA) is 85.9 Å². The van der Waals surface area contributed by atoms with Gasteiger partial charge in [-0.3, -0.25) is 0 Å². The summed E-state index contributed by atoms with van der Waals surface area (Å²) < 4.78 is 4.84. The van der Waals surface area contributed by atoms with E-state index in [1.165, 1.54) is 6.20 Å². The van der Waals surface area contributed by atoms with Crippen LogP contribution < -0.4 is 5.32 Å². The third-order valence-corrected chi connectivity index (χ3v) is 2.02. The van der Waals surface area contributed by atoms with E-state index in [9.17, 15) is 4.79 Å². The second-order valence-corrected chi connectivity index (χ2v) is 3.22. The van der Waals surface area contributed by atoms with Gasteiger partial charge < -0.3 is 10.1 Å². The lowest BCUT2D eigenvalue weighted by Crippen LogP contribution is -2.04. The number of anilines is 1. The second kappa shape index (κ2) is 6.72. The number of esters is 1. The molecule has 0 aromatic heterocycles. The molecule has 0 aliphatic heterocycles. The zero-order valence-corrected chi connectivity index (χ0v) is 9.80. The number of hydrogen-bond donors (Lipinski definition) is 1. The molecule has 0 saturated heterocycles. The molecule has 0 heterocycles. The number of benzene rings is 1. The minimum Gasteiger partial charge on any atom is -0.462 e. The van der Waals surface area contributed by atoms with Crippen molar-refractivity contribution in [3.8, 4) is 12.1 Å².